The van der Waals surface area contributed by atoms with Gasteiger partial charge in [-0.15, -0.1) is 0 Å². The Hall–Kier alpha value is -1.10. The molecular weight excluding hydrogens is 170 g/mol. The van der Waals surface area contributed by atoms with Crippen molar-refractivity contribution in [2.75, 3.05) is 6.61 Å². The molecule has 13 heavy (non-hydrogen) atoms. The van der Waals surface area contributed by atoms with Gasteiger partial charge in [0.05, 0.1) is 6.61 Å². The summed E-state index contributed by atoms with van der Waals surface area (Å²) in [7, 11) is 0. The maximum absolute atomic E-state index is 5.73. The van der Waals surface area contributed by atoms with Crippen LogP contribution in [0.5, 0.6) is 6.08 Å². The number of hydrogen-bond donors (Lipinski definition) is 1. The molecule has 0 aliphatic heterocycles. The van der Waals surface area contributed by atoms with E-state index in [1.165, 1.54) is 0 Å². The molecule has 0 fully saturated rings. The lowest BCUT2D eigenvalue weighted by atomic mass is 10.2. The first kappa shape index (κ1) is 9.98. The molecule has 0 aliphatic rings. The first-order valence-corrected chi connectivity index (χ1v) is 4.47. The van der Waals surface area contributed by atoms with E-state index in [-0.39, 0.29) is 12.1 Å². The average molecular weight is 185 g/mol. The second kappa shape index (κ2) is 4.81. The summed E-state index contributed by atoms with van der Waals surface area (Å²) in [5.41, 5.74) is 5.73. The number of aromatic nitrogens is 2. The van der Waals surface area contributed by atoms with Gasteiger partial charge >= 0.3 is 6.08 Å². The monoisotopic (exact) mass is 185 g/mol. The van der Waals surface area contributed by atoms with E-state index in [2.05, 4.69) is 10.1 Å². The summed E-state index contributed by atoms with van der Waals surface area (Å²) in [6.45, 7) is 4.41. The van der Waals surface area contributed by atoms with Crippen molar-refractivity contribution in [1.29, 1.82) is 0 Å². The summed E-state index contributed by atoms with van der Waals surface area (Å²) in [6.07, 6.45) is 1.76. The fraction of sp³-hybridized carbons (Fsp3) is 0.750. The number of ether oxygens (including phenoxy) is 1. The van der Waals surface area contributed by atoms with Crippen molar-refractivity contribution in [1.82, 2.24) is 10.1 Å². The molecule has 0 amide bonds. The van der Waals surface area contributed by atoms with Crippen molar-refractivity contribution in [3.05, 3.63) is 5.82 Å². The fourth-order valence-electron chi connectivity index (χ4n) is 0.882. The van der Waals surface area contributed by atoms with Gasteiger partial charge in [-0.25, -0.2) is 0 Å². The number of hydrogen-bond acceptors (Lipinski definition) is 5. The highest BCUT2D eigenvalue weighted by atomic mass is 16.6. The SMILES string of the molecule is CCOc1nc(CC(N)CC)no1. The van der Waals surface area contributed by atoms with E-state index >= 15 is 0 Å². The van der Waals surface area contributed by atoms with Gasteiger partial charge in [-0.3, -0.25) is 4.52 Å². The highest BCUT2D eigenvalue weighted by Gasteiger charge is 2.09. The Morgan fingerprint density at radius 2 is 2.31 bits per heavy atom. The van der Waals surface area contributed by atoms with Crippen LogP contribution in [0.1, 0.15) is 26.1 Å². The molecule has 0 spiro atoms. The molecule has 0 aliphatic carbocycles. The first-order valence-electron chi connectivity index (χ1n) is 4.47. The van der Waals surface area contributed by atoms with Gasteiger partial charge < -0.3 is 10.5 Å². The standard InChI is InChI=1S/C8H15N3O2/c1-3-6(9)5-7-10-8(12-4-2)13-11-7/h6H,3-5,9H2,1-2H3. The van der Waals surface area contributed by atoms with Crippen molar-refractivity contribution < 1.29 is 9.26 Å². The van der Waals surface area contributed by atoms with E-state index < -0.39 is 0 Å². The van der Waals surface area contributed by atoms with Crippen LogP contribution in [0.15, 0.2) is 4.52 Å². The fourth-order valence-corrected chi connectivity index (χ4v) is 0.882. The quantitative estimate of drug-likeness (QED) is 0.732. The van der Waals surface area contributed by atoms with Gasteiger partial charge in [0.25, 0.3) is 0 Å². The number of nitrogens with two attached hydrogens (primary N) is 1. The molecule has 5 heteroatoms. The lowest BCUT2D eigenvalue weighted by Gasteiger charge is -2.02. The van der Waals surface area contributed by atoms with Crippen LogP contribution in [0.2, 0.25) is 0 Å². The van der Waals surface area contributed by atoms with E-state index in [4.69, 9.17) is 15.0 Å². The molecule has 1 atom stereocenters. The van der Waals surface area contributed by atoms with Crippen LogP contribution < -0.4 is 10.5 Å². The van der Waals surface area contributed by atoms with Crippen LogP contribution in [0.4, 0.5) is 0 Å². The predicted molar refractivity (Wildman–Crippen MR) is 47.4 cm³/mol. The Morgan fingerprint density at radius 3 is 2.92 bits per heavy atom. The average Bonchev–Trinajstić information content (AvgIpc) is 2.53. The summed E-state index contributed by atoms with van der Waals surface area (Å²) < 4.78 is 9.83. The minimum Gasteiger partial charge on any atom is -0.449 e. The van der Waals surface area contributed by atoms with Crippen molar-refractivity contribution in [2.24, 2.45) is 5.73 Å². The first-order chi connectivity index (χ1) is 6.26. The molecule has 74 valence electrons. The Balaban J connectivity index is 2.48. The van der Waals surface area contributed by atoms with E-state index in [0.29, 0.717) is 18.9 Å². The normalized spacial score (nSPS) is 12.8. The summed E-state index contributed by atoms with van der Waals surface area (Å²) >= 11 is 0. The molecule has 0 saturated carbocycles. The van der Waals surface area contributed by atoms with Crippen molar-refractivity contribution >= 4 is 0 Å². The van der Waals surface area contributed by atoms with E-state index in [0.717, 1.165) is 6.42 Å². The molecule has 1 heterocycles. The molecule has 0 radical (unpaired) electrons. The molecular formula is C8H15N3O2. The number of rotatable bonds is 5. The third-order valence-electron chi connectivity index (χ3n) is 1.69. The zero-order valence-corrected chi connectivity index (χ0v) is 7.99. The van der Waals surface area contributed by atoms with E-state index in [1.807, 2.05) is 13.8 Å². The van der Waals surface area contributed by atoms with Gasteiger partial charge in [0.2, 0.25) is 0 Å². The highest BCUT2D eigenvalue weighted by Crippen LogP contribution is 2.07. The van der Waals surface area contributed by atoms with Gasteiger partial charge in [-0.1, -0.05) is 12.1 Å². The Kier molecular flexibility index (Phi) is 3.70. The van der Waals surface area contributed by atoms with Gasteiger partial charge in [-0.05, 0) is 13.3 Å². The summed E-state index contributed by atoms with van der Waals surface area (Å²) in [4.78, 5) is 4.01. The highest BCUT2D eigenvalue weighted by molar-refractivity contribution is 4.92. The second-order valence-electron chi connectivity index (χ2n) is 2.78. The third-order valence-corrected chi connectivity index (χ3v) is 1.69. The van der Waals surface area contributed by atoms with Gasteiger partial charge in [0.1, 0.15) is 0 Å². The lowest BCUT2D eigenvalue weighted by molar-refractivity contribution is 0.215. The Morgan fingerprint density at radius 1 is 1.54 bits per heavy atom. The zero-order valence-electron chi connectivity index (χ0n) is 7.99. The van der Waals surface area contributed by atoms with Crippen LogP contribution in [-0.4, -0.2) is 22.8 Å². The van der Waals surface area contributed by atoms with Crippen molar-refractivity contribution in [3.63, 3.8) is 0 Å². The van der Waals surface area contributed by atoms with Crippen LogP contribution in [0.25, 0.3) is 0 Å². The largest absolute Gasteiger partial charge is 0.449 e. The van der Waals surface area contributed by atoms with E-state index in [1.54, 1.807) is 0 Å². The molecule has 0 bridgehead atoms. The topological polar surface area (TPSA) is 74.2 Å². The molecule has 1 unspecified atom stereocenters. The van der Waals surface area contributed by atoms with Crippen molar-refractivity contribution in [3.8, 4) is 6.08 Å². The van der Waals surface area contributed by atoms with Crippen molar-refractivity contribution in [2.45, 2.75) is 32.7 Å². The predicted octanol–water partition coefficient (Wildman–Crippen LogP) is 0.748. The molecule has 0 saturated heterocycles. The van der Waals surface area contributed by atoms with Gasteiger partial charge in [0, 0.05) is 12.5 Å². The molecule has 5 nitrogen and oxygen atoms in total. The third kappa shape index (κ3) is 3.02. The van der Waals surface area contributed by atoms with Gasteiger partial charge in [0.15, 0.2) is 5.82 Å². The van der Waals surface area contributed by atoms with Crippen LogP contribution in [0.3, 0.4) is 0 Å². The van der Waals surface area contributed by atoms with Crippen LogP contribution >= 0.6 is 0 Å². The lowest BCUT2D eigenvalue weighted by Crippen LogP contribution is -2.21. The molecule has 1 aromatic heterocycles. The Bertz CT molecular complexity index is 249. The number of nitrogens with zero attached hydrogens (tertiary/aromatic N) is 2. The maximum Gasteiger partial charge on any atom is 0.417 e. The summed E-state index contributed by atoms with van der Waals surface area (Å²) in [5.74, 6) is 0.609. The minimum atomic E-state index is 0.0899. The molecule has 1 aromatic rings. The van der Waals surface area contributed by atoms with Crippen LogP contribution in [-0.2, 0) is 6.42 Å². The Labute approximate surface area is 77.3 Å². The molecule has 2 N–H and O–H groups in total. The maximum atomic E-state index is 5.73. The smallest absolute Gasteiger partial charge is 0.417 e. The minimum absolute atomic E-state index is 0.0899. The molecule has 1 rings (SSSR count). The summed E-state index contributed by atoms with van der Waals surface area (Å²) in [6, 6.07) is 0.0899. The van der Waals surface area contributed by atoms with Crippen LogP contribution in [0, 0.1) is 0 Å². The zero-order chi connectivity index (χ0) is 9.68. The second-order valence-corrected chi connectivity index (χ2v) is 2.78. The van der Waals surface area contributed by atoms with E-state index in [9.17, 15) is 0 Å². The van der Waals surface area contributed by atoms with Gasteiger partial charge in [-0.2, -0.15) is 4.98 Å². The molecule has 0 aromatic carbocycles. The summed E-state index contributed by atoms with van der Waals surface area (Å²) in [5, 5.41) is 3.73.